The van der Waals surface area contributed by atoms with Crippen molar-refractivity contribution < 1.29 is 18.4 Å². The van der Waals surface area contributed by atoms with Gasteiger partial charge in [-0.2, -0.15) is 8.78 Å². The van der Waals surface area contributed by atoms with E-state index < -0.39 is 5.92 Å². The van der Waals surface area contributed by atoms with Gasteiger partial charge >= 0.3 is 0 Å². The number of carbonyl (C=O) groups is 2. The third-order valence-corrected chi connectivity index (χ3v) is 8.42. The predicted octanol–water partition coefficient (Wildman–Crippen LogP) is 2.81. The molecule has 8 nitrogen and oxygen atoms in total. The standard InChI is InChI=1S/C28H44F2N6O2/c1-7-8-28(29,30)25-11-24-23(13-32-25)27(5,6)18-36(24)26(38)17-35-14-19(2)31-12-22(35)16-33-9-10-34(21(4)37)15-20(33)3/h11,13,19-20,22,31H,7-10,12,14-18H2,1-6H3/t19-,20-,22-/m1/s1. The minimum Gasteiger partial charge on any atom is -0.340 e. The molecule has 0 aliphatic carbocycles. The Kier molecular flexibility index (Phi) is 8.45. The number of halogens is 2. The molecule has 4 rings (SSSR count). The van der Waals surface area contributed by atoms with Crippen LogP contribution in [0.25, 0.3) is 0 Å². The van der Waals surface area contributed by atoms with Crippen LogP contribution in [0.15, 0.2) is 12.3 Å². The van der Waals surface area contributed by atoms with E-state index in [9.17, 15) is 18.4 Å². The first-order valence-electron chi connectivity index (χ1n) is 14.0. The van der Waals surface area contributed by atoms with E-state index in [0.29, 0.717) is 31.7 Å². The van der Waals surface area contributed by atoms with Gasteiger partial charge in [0, 0.05) is 94.5 Å². The van der Waals surface area contributed by atoms with Crippen molar-refractivity contribution >= 4 is 17.5 Å². The fourth-order valence-electron chi connectivity index (χ4n) is 6.11. The number of nitrogens with zero attached hydrogens (tertiary/aromatic N) is 5. The van der Waals surface area contributed by atoms with Crippen molar-refractivity contribution in [2.75, 3.05) is 57.3 Å². The van der Waals surface area contributed by atoms with E-state index in [-0.39, 0.29) is 54.0 Å². The maximum absolute atomic E-state index is 14.7. The highest BCUT2D eigenvalue weighted by atomic mass is 19.3. The van der Waals surface area contributed by atoms with E-state index in [2.05, 4.69) is 33.9 Å². The van der Waals surface area contributed by atoms with Crippen molar-refractivity contribution in [1.29, 1.82) is 0 Å². The molecule has 38 heavy (non-hydrogen) atoms. The van der Waals surface area contributed by atoms with Crippen LogP contribution in [-0.4, -0.2) is 102 Å². The number of pyridine rings is 1. The Morgan fingerprint density at radius 2 is 1.92 bits per heavy atom. The zero-order valence-electron chi connectivity index (χ0n) is 23.8. The van der Waals surface area contributed by atoms with Gasteiger partial charge < -0.3 is 15.1 Å². The third kappa shape index (κ3) is 6.02. The van der Waals surface area contributed by atoms with Crippen molar-refractivity contribution in [3.05, 3.63) is 23.5 Å². The molecule has 2 fully saturated rings. The van der Waals surface area contributed by atoms with Crippen LogP contribution >= 0.6 is 0 Å². The molecule has 0 unspecified atom stereocenters. The quantitative estimate of drug-likeness (QED) is 0.580. The number of carbonyl (C=O) groups excluding carboxylic acids is 2. The number of piperazine rings is 2. The number of hydrogen-bond donors (Lipinski definition) is 1. The summed E-state index contributed by atoms with van der Waals surface area (Å²) in [5.41, 5.74) is 0.776. The number of amides is 2. The van der Waals surface area contributed by atoms with Gasteiger partial charge in [-0.1, -0.05) is 27.2 Å². The second-order valence-electron chi connectivity index (χ2n) is 12.1. The van der Waals surface area contributed by atoms with Gasteiger partial charge in [-0.25, -0.2) is 0 Å². The summed E-state index contributed by atoms with van der Waals surface area (Å²) in [4.78, 5) is 37.9. The van der Waals surface area contributed by atoms with Gasteiger partial charge in [0.15, 0.2) is 0 Å². The van der Waals surface area contributed by atoms with E-state index in [4.69, 9.17) is 0 Å². The van der Waals surface area contributed by atoms with Gasteiger partial charge in [-0.05, 0) is 19.9 Å². The maximum atomic E-state index is 14.7. The predicted molar refractivity (Wildman–Crippen MR) is 145 cm³/mol. The minimum absolute atomic E-state index is 0.0682. The zero-order chi connectivity index (χ0) is 27.8. The monoisotopic (exact) mass is 534 g/mol. The summed E-state index contributed by atoms with van der Waals surface area (Å²) in [7, 11) is 0. The number of alkyl halides is 2. The summed E-state index contributed by atoms with van der Waals surface area (Å²) < 4.78 is 29.5. The lowest BCUT2D eigenvalue weighted by Crippen LogP contribution is -2.63. The van der Waals surface area contributed by atoms with Crippen molar-refractivity contribution in [2.24, 2.45) is 0 Å². The minimum atomic E-state index is -3.02. The number of hydrogen-bond acceptors (Lipinski definition) is 6. The molecule has 1 aromatic rings. The average molecular weight is 535 g/mol. The maximum Gasteiger partial charge on any atom is 0.289 e. The van der Waals surface area contributed by atoms with Crippen molar-refractivity contribution in [3.63, 3.8) is 0 Å². The number of fused-ring (bicyclic) bond motifs is 1. The molecule has 1 N–H and O–H groups in total. The Morgan fingerprint density at radius 3 is 2.58 bits per heavy atom. The van der Waals surface area contributed by atoms with E-state index in [1.807, 2.05) is 18.7 Å². The molecule has 10 heteroatoms. The highest BCUT2D eigenvalue weighted by molar-refractivity contribution is 5.97. The molecular formula is C28H44F2N6O2. The lowest BCUT2D eigenvalue weighted by atomic mass is 9.88. The summed E-state index contributed by atoms with van der Waals surface area (Å²) in [5.74, 6) is -2.98. The Hall–Kier alpha value is -2.17. The molecular weight excluding hydrogens is 490 g/mol. The normalized spacial score (nSPS) is 26.5. The fourth-order valence-corrected chi connectivity index (χ4v) is 6.11. The Labute approximate surface area is 225 Å². The molecule has 0 bridgehead atoms. The summed E-state index contributed by atoms with van der Waals surface area (Å²) >= 11 is 0. The smallest absolute Gasteiger partial charge is 0.289 e. The topological polar surface area (TPSA) is 72.0 Å². The first-order chi connectivity index (χ1) is 17.8. The van der Waals surface area contributed by atoms with Gasteiger partial charge in [0.05, 0.1) is 12.2 Å². The van der Waals surface area contributed by atoms with Gasteiger partial charge in [0.25, 0.3) is 5.92 Å². The molecule has 1 aromatic heterocycles. The van der Waals surface area contributed by atoms with E-state index in [0.717, 1.165) is 31.7 Å². The highest BCUT2D eigenvalue weighted by Gasteiger charge is 2.42. The molecule has 0 saturated carbocycles. The molecule has 2 amide bonds. The van der Waals surface area contributed by atoms with Gasteiger partial charge in [0.1, 0.15) is 5.69 Å². The second kappa shape index (κ2) is 11.1. The molecule has 3 aliphatic rings. The zero-order valence-corrected chi connectivity index (χ0v) is 23.8. The molecule has 3 atom stereocenters. The second-order valence-corrected chi connectivity index (χ2v) is 12.1. The van der Waals surface area contributed by atoms with Crippen LogP contribution in [0.2, 0.25) is 0 Å². The van der Waals surface area contributed by atoms with Crippen molar-refractivity contribution in [2.45, 2.75) is 83.8 Å². The van der Waals surface area contributed by atoms with Crippen molar-refractivity contribution in [1.82, 2.24) is 25.0 Å². The first kappa shape index (κ1) is 28.8. The summed E-state index contributed by atoms with van der Waals surface area (Å²) in [6.45, 7) is 16.9. The Morgan fingerprint density at radius 1 is 1.18 bits per heavy atom. The van der Waals surface area contributed by atoms with Crippen LogP contribution in [0.3, 0.4) is 0 Å². The van der Waals surface area contributed by atoms with Crippen LogP contribution in [0.4, 0.5) is 14.5 Å². The van der Waals surface area contributed by atoms with E-state index in [1.54, 1.807) is 24.9 Å². The Balaban J connectivity index is 1.50. The van der Waals surface area contributed by atoms with Crippen LogP contribution in [0.5, 0.6) is 0 Å². The molecule has 0 spiro atoms. The molecule has 212 valence electrons. The third-order valence-electron chi connectivity index (χ3n) is 8.42. The first-order valence-corrected chi connectivity index (χ1v) is 14.0. The number of anilines is 1. The summed E-state index contributed by atoms with van der Waals surface area (Å²) in [6, 6.07) is 2.06. The number of rotatable bonds is 7. The van der Waals surface area contributed by atoms with Crippen LogP contribution < -0.4 is 10.2 Å². The summed E-state index contributed by atoms with van der Waals surface area (Å²) in [5, 5.41) is 3.55. The van der Waals surface area contributed by atoms with Gasteiger partial charge in [0.2, 0.25) is 11.8 Å². The molecule has 4 heterocycles. The lowest BCUT2D eigenvalue weighted by molar-refractivity contribution is -0.132. The fraction of sp³-hybridized carbons (Fsp3) is 0.750. The van der Waals surface area contributed by atoms with E-state index >= 15 is 0 Å². The van der Waals surface area contributed by atoms with E-state index in [1.165, 1.54) is 6.07 Å². The van der Waals surface area contributed by atoms with Gasteiger partial charge in [-0.3, -0.25) is 24.4 Å². The number of aromatic nitrogens is 1. The molecule has 0 aromatic carbocycles. The summed E-state index contributed by atoms with van der Waals surface area (Å²) in [6.07, 6.45) is 1.62. The Bertz CT molecular complexity index is 1030. The lowest BCUT2D eigenvalue weighted by Gasteiger charge is -2.45. The highest BCUT2D eigenvalue weighted by Crippen LogP contribution is 2.43. The molecule has 3 aliphatic heterocycles. The molecule has 2 saturated heterocycles. The SMILES string of the molecule is CCCC(F)(F)c1cc2c(cn1)C(C)(C)CN2C(=O)CN1C[C@@H](C)NC[C@@H]1CN1CCN(C(C)=O)C[C@H]1C. The molecule has 0 radical (unpaired) electrons. The largest absolute Gasteiger partial charge is 0.340 e. The van der Waals surface area contributed by atoms with Crippen molar-refractivity contribution in [3.8, 4) is 0 Å². The van der Waals surface area contributed by atoms with Crippen LogP contribution in [0, 0.1) is 0 Å². The van der Waals surface area contributed by atoms with Gasteiger partial charge in [-0.15, -0.1) is 0 Å². The van der Waals surface area contributed by atoms with Crippen LogP contribution in [-0.2, 0) is 20.9 Å². The average Bonchev–Trinajstić information content (AvgIpc) is 3.12. The number of nitrogens with one attached hydrogen (secondary N) is 1. The van der Waals surface area contributed by atoms with Crippen LogP contribution in [0.1, 0.15) is 65.6 Å².